The molecule has 0 aliphatic heterocycles. The summed E-state index contributed by atoms with van der Waals surface area (Å²) in [5, 5.41) is 0. The normalized spacial score (nSPS) is 12.3. The average molecular weight is 284 g/mol. The zero-order valence-corrected chi connectivity index (χ0v) is 12.8. The van der Waals surface area contributed by atoms with Crippen molar-refractivity contribution < 1.29 is 19.1 Å². The topological polar surface area (TPSA) is 52.6 Å². The molecule has 0 rings (SSSR count). The summed E-state index contributed by atoms with van der Waals surface area (Å²) in [6.45, 7) is 4.31. The van der Waals surface area contributed by atoms with Crippen molar-refractivity contribution in [1.29, 1.82) is 0 Å². The van der Waals surface area contributed by atoms with E-state index in [0.29, 0.717) is 13.0 Å². The molecule has 0 saturated carbocycles. The number of carbonyl (C=O) groups is 2. The summed E-state index contributed by atoms with van der Waals surface area (Å²) in [6.07, 6.45) is 11.7. The molecule has 1 unspecified atom stereocenters. The summed E-state index contributed by atoms with van der Waals surface area (Å²) in [4.78, 5) is 21.5. The van der Waals surface area contributed by atoms with Gasteiger partial charge in [-0.2, -0.15) is 0 Å². The fourth-order valence-electron chi connectivity index (χ4n) is 1.90. The molecule has 0 saturated heterocycles. The predicted octanol–water partition coefficient (Wildman–Crippen LogP) is 3.79. The lowest BCUT2D eigenvalue weighted by Crippen LogP contribution is -2.10. The number of hydrogen-bond donors (Lipinski definition) is 0. The highest BCUT2D eigenvalue weighted by Crippen LogP contribution is 2.14. The lowest BCUT2D eigenvalue weighted by Gasteiger charge is -2.16. The van der Waals surface area contributed by atoms with Gasteiger partial charge in [-0.25, -0.2) is 4.79 Å². The van der Waals surface area contributed by atoms with Crippen LogP contribution in [0.2, 0.25) is 0 Å². The number of esters is 1. The van der Waals surface area contributed by atoms with Gasteiger partial charge in [-0.3, -0.25) is 0 Å². The summed E-state index contributed by atoms with van der Waals surface area (Å²) in [5.74, 6) is -0.384. The third-order valence-corrected chi connectivity index (χ3v) is 2.99. The molecule has 4 nitrogen and oxygen atoms in total. The third kappa shape index (κ3) is 11.8. The first-order valence-corrected chi connectivity index (χ1v) is 7.66. The summed E-state index contributed by atoms with van der Waals surface area (Å²) in [6, 6.07) is 0. The molecule has 0 spiro atoms. The van der Waals surface area contributed by atoms with Crippen LogP contribution in [0.1, 0.15) is 65.2 Å². The molecule has 0 aliphatic rings. The quantitative estimate of drug-likeness (QED) is 0.170. The standard InChI is InChI=1S/C16H28O4/c1-3-5-6-7-10-15(11-8-9-13-17)20-14-12-16(18)19-4-2/h12-15H,3-11H2,1-2H3/b14-12+. The highest BCUT2D eigenvalue weighted by molar-refractivity contribution is 5.81. The third-order valence-electron chi connectivity index (χ3n) is 2.99. The minimum atomic E-state index is -0.384. The minimum absolute atomic E-state index is 0.0810. The van der Waals surface area contributed by atoms with E-state index >= 15 is 0 Å². The van der Waals surface area contributed by atoms with Gasteiger partial charge in [0.1, 0.15) is 6.29 Å². The van der Waals surface area contributed by atoms with Crippen LogP contribution in [0.5, 0.6) is 0 Å². The SMILES string of the molecule is CCCCCCC(CCCC=O)O/C=C/C(=O)OCC. The van der Waals surface area contributed by atoms with Crippen molar-refractivity contribution in [3.8, 4) is 0 Å². The minimum Gasteiger partial charge on any atom is -0.498 e. The van der Waals surface area contributed by atoms with Gasteiger partial charge in [-0.05, 0) is 32.6 Å². The van der Waals surface area contributed by atoms with E-state index in [4.69, 9.17) is 9.47 Å². The van der Waals surface area contributed by atoms with Crippen molar-refractivity contribution in [3.63, 3.8) is 0 Å². The van der Waals surface area contributed by atoms with Gasteiger partial charge in [-0.15, -0.1) is 0 Å². The van der Waals surface area contributed by atoms with E-state index < -0.39 is 0 Å². The molecule has 0 bridgehead atoms. The number of ether oxygens (including phenoxy) is 2. The van der Waals surface area contributed by atoms with Crippen LogP contribution in [0.25, 0.3) is 0 Å². The van der Waals surface area contributed by atoms with Gasteiger partial charge in [-0.1, -0.05) is 26.2 Å². The first kappa shape index (κ1) is 18.7. The number of carbonyl (C=O) groups excluding carboxylic acids is 2. The summed E-state index contributed by atoms with van der Waals surface area (Å²) < 4.78 is 10.4. The maximum Gasteiger partial charge on any atom is 0.333 e. The molecule has 0 radical (unpaired) electrons. The Balaban J connectivity index is 4.01. The molecule has 0 N–H and O–H groups in total. The number of aldehydes is 1. The van der Waals surface area contributed by atoms with E-state index in [1.807, 2.05) is 0 Å². The van der Waals surface area contributed by atoms with Crippen LogP contribution in [-0.4, -0.2) is 25.0 Å². The molecule has 20 heavy (non-hydrogen) atoms. The Morgan fingerprint density at radius 3 is 2.50 bits per heavy atom. The highest BCUT2D eigenvalue weighted by atomic mass is 16.5. The molecule has 0 fully saturated rings. The van der Waals surface area contributed by atoms with E-state index in [2.05, 4.69) is 6.92 Å². The van der Waals surface area contributed by atoms with Gasteiger partial charge in [0.2, 0.25) is 0 Å². The van der Waals surface area contributed by atoms with Crippen molar-refractivity contribution in [3.05, 3.63) is 12.3 Å². The Morgan fingerprint density at radius 2 is 1.85 bits per heavy atom. The zero-order chi connectivity index (χ0) is 15.1. The Kier molecular flexibility index (Phi) is 13.2. The van der Waals surface area contributed by atoms with Gasteiger partial charge in [0.15, 0.2) is 0 Å². The van der Waals surface area contributed by atoms with Gasteiger partial charge in [0, 0.05) is 6.42 Å². The van der Waals surface area contributed by atoms with Gasteiger partial charge >= 0.3 is 5.97 Å². The van der Waals surface area contributed by atoms with Crippen LogP contribution in [0.3, 0.4) is 0 Å². The van der Waals surface area contributed by atoms with Gasteiger partial charge in [0.05, 0.1) is 25.0 Å². The Hall–Kier alpha value is -1.32. The Labute approximate surface area is 122 Å². The van der Waals surface area contributed by atoms with Crippen LogP contribution >= 0.6 is 0 Å². The molecule has 0 amide bonds. The first-order valence-electron chi connectivity index (χ1n) is 7.66. The van der Waals surface area contributed by atoms with Crippen molar-refractivity contribution in [2.45, 2.75) is 71.3 Å². The molecule has 4 heteroatoms. The fourth-order valence-corrected chi connectivity index (χ4v) is 1.90. The molecule has 0 aliphatic carbocycles. The van der Waals surface area contributed by atoms with Crippen LogP contribution < -0.4 is 0 Å². The first-order chi connectivity index (χ1) is 9.74. The van der Waals surface area contributed by atoms with Crippen molar-refractivity contribution >= 4 is 12.3 Å². The smallest absolute Gasteiger partial charge is 0.333 e. The molecule has 116 valence electrons. The van der Waals surface area contributed by atoms with E-state index in [9.17, 15) is 9.59 Å². The monoisotopic (exact) mass is 284 g/mol. The molecule has 0 aromatic carbocycles. The number of rotatable bonds is 13. The second-order valence-electron chi connectivity index (χ2n) is 4.76. The fraction of sp³-hybridized carbons (Fsp3) is 0.750. The summed E-state index contributed by atoms with van der Waals surface area (Å²) >= 11 is 0. The lowest BCUT2D eigenvalue weighted by molar-refractivity contribution is -0.137. The van der Waals surface area contributed by atoms with E-state index in [1.165, 1.54) is 31.6 Å². The zero-order valence-electron chi connectivity index (χ0n) is 12.8. The van der Waals surface area contributed by atoms with E-state index in [1.54, 1.807) is 6.92 Å². The molecular formula is C16H28O4. The van der Waals surface area contributed by atoms with E-state index in [-0.39, 0.29) is 12.1 Å². The molecule has 0 heterocycles. The highest BCUT2D eigenvalue weighted by Gasteiger charge is 2.08. The Bertz CT molecular complexity index is 274. The van der Waals surface area contributed by atoms with Gasteiger partial charge in [0.25, 0.3) is 0 Å². The maximum atomic E-state index is 11.1. The second kappa shape index (κ2) is 14.1. The predicted molar refractivity (Wildman–Crippen MR) is 79.3 cm³/mol. The van der Waals surface area contributed by atoms with Crippen LogP contribution in [0, 0.1) is 0 Å². The van der Waals surface area contributed by atoms with Gasteiger partial charge < -0.3 is 14.3 Å². The van der Waals surface area contributed by atoms with Crippen molar-refractivity contribution in [2.24, 2.45) is 0 Å². The van der Waals surface area contributed by atoms with E-state index in [0.717, 1.165) is 32.0 Å². The Morgan fingerprint density at radius 1 is 1.10 bits per heavy atom. The average Bonchev–Trinajstić information content (AvgIpc) is 2.43. The summed E-state index contributed by atoms with van der Waals surface area (Å²) in [7, 11) is 0. The summed E-state index contributed by atoms with van der Waals surface area (Å²) in [5.41, 5.74) is 0. The number of unbranched alkanes of at least 4 members (excludes halogenated alkanes) is 4. The lowest BCUT2D eigenvalue weighted by atomic mass is 10.0. The number of hydrogen-bond acceptors (Lipinski definition) is 4. The van der Waals surface area contributed by atoms with Crippen molar-refractivity contribution in [1.82, 2.24) is 0 Å². The van der Waals surface area contributed by atoms with Crippen LogP contribution in [-0.2, 0) is 19.1 Å². The molecule has 0 aromatic rings. The van der Waals surface area contributed by atoms with Crippen LogP contribution in [0.4, 0.5) is 0 Å². The molecular weight excluding hydrogens is 256 g/mol. The molecule has 0 aromatic heterocycles. The van der Waals surface area contributed by atoms with Crippen molar-refractivity contribution in [2.75, 3.05) is 6.61 Å². The molecule has 1 atom stereocenters. The van der Waals surface area contributed by atoms with Crippen LogP contribution in [0.15, 0.2) is 12.3 Å². The largest absolute Gasteiger partial charge is 0.498 e. The second-order valence-corrected chi connectivity index (χ2v) is 4.76. The maximum absolute atomic E-state index is 11.1.